The summed E-state index contributed by atoms with van der Waals surface area (Å²) in [6, 6.07) is 0. The normalized spacial score (nSPS) is 55.6. The molecular weight excluding hydrogens is 200 g/mol. The van der Waals surface area contributed by atoms with Crippen molar-refractivity contribution in [2.75, 3.05) is 0 Å². The maximum atomic E-state index is 10.0. The Bertz CT molecular complexity index is 269. The molecule has 88 valence electrons. The Morgan fingerprint density at radius 3 is 2.07 bits per heavy atom. The van der Waals surface area contributed by atoms with Gasteiger partial charge in [0.2, 0.25) is 0 Å². The Labute approximate surface area is 88.0 Å². The SMILES string of the molecule is CC(C)[C@H](O)C1C(O)C2[C@@H](O)C(O)C12O. The highest BCUT2D eigenvalue weighted by Crippen LogP contribution is 2.59. The second kappa shape index (κ2) is 3.15. The van der Waals surface area contributed by atoms with Gasteiger partial charge in [0, 0.05) is 11.8 Å². The van der Waals surface area contributed by atoms with Gasteiger partial charge in [-0.25, -0.2) is 0 Å². The van der Waals surface area contributed by atoms with E-state index in [0.717, 1.165) is 0 Å². The molecule has 0 heterocycles. The first-order valence-corrected chi connectivity index (χ1v) is 5.28. The molecule has 0 aromatic carbocycles. The molecule has 0 radical (unpaired) electrons. The van der Waals surface area contributed by atoms with Crippen molar-refractivity contribution in [3.63, 3.8) is 0 Å². The number of rotatable bonds is 2. The second-order valence-electron chi connectivity index (χ2n) is 5.10. The van der Waals surface area contributed by atoms with Crippen LogP contribution < -0.4 is 0 Å². The molecule has 0 aliphatic heterocycles. The van der Waals surface area contributed by atoms with Crippen LogP contribution >= 0.6 is 0 Å². The largest absolute Gasteiger partial charge is 0.392 e. The first-order chi connectivity index (χ1) is 6.83. The Hall–Kier alpha value is -0.200. The van der Waals surface area contributed by atoms with Crippen molar-refractivity contribution in [2.45, 2.75) is 43.9 Å². The fraction of sp³-hybridized carbons (Fsp3) is 1.00. The van der Waals surface area contributed by atoms with Crippen molar-refractivity contribution in [1.82, 2.24) is 0 Å². The number of aliphatic hydroxyl groups is 5. The highest BCUT2D eigenvalue weighted by atomic mass is 16.4. The van der Waals surface area contributed by atoms with Crippen molar-refractivity contribution in [1.29, 1.82) is 0 Å². The quantitative estimate of drug-likeness (QED) is 0.372. The van der Waals surface area contributed by atoms with Gasteiger partial charge in [-0.2, -0.15) is 0 Å². The summed E-state index contributed by atoms with van der Waals surface area (Å²) in [4.78, 5) is 0. The van der Waals surface area contributed by atoms with E-state index in [-0.39, 0.29) is 5.92 Å². The van der Waals surface area contributed by atoms with Crippen molar-refractivity contribution in [3.05, 3.63) is 0 Å². The van der Waals surface area contributed by atoms with Crippen LogP contribution in [0.25, 0.3) is 0 Å². The maximum Gasteiger partial charge on any atom is 0.110 e. The van der Waals surface area contributed by atoms with Crippen LogP contribution in [0.3, 0.4) is 0 Å². The summed E-state index contributed by atoms with van der Waals surface area (Å²) >= 11 is 0. The third-order valence-electron chi connectivity index (χ3n) is 4.02. The average Bonchev–Trinajstić information content (AvgIpc) is 2.16. The number of hydrogen-bond acceptors (Lipinski definition) is 5. The zero-order valence-corrected chi connectivity index (χ0v) is 8.78. The summed E-state index contributed by atoms with van der Waals surface area (Å²) in [6.45, 7) is 3.55. The van der Waals surface area contributed by atoms with Crippen molar-refractivity contribution in [2.24, 2.45) is 17.8 Å². The molecule has 7 atom stereocenters. The fourth-order valence-corrected chi connectivity index (χ4v) is 2.99. The van der Waals surface area contributed by atoms with Crippen LogP contribution in [-0.2, 0) is 0 Å². The summed E-state index contributed by atoms with van der Waals surface area (Å²) in [7, 11) is 0. The molecule has 15 heavy (non-hydrogen) atoms. The van der Waals surface area contributed by atoms with Crippen LogP contribution in [0.2, 0.25) is 0 Å². The van der Waals surface area contributed by atoms with Crippen LogP contribution in [0, 0.1) is 17.8 Å². The molecular formula is C10H18O5. The molecule has 0 aromatic heterocycles. The smallest absolute Gasteiger partial charge is 0.110 e. The predicted octanol–water partition coefficient (Wildman–Crippen LogP) is -1.92. The fourth-order valence-electron chi connectivity index (χ4n) is 2.99. The standard InChI is InChI=1S/C10H18O5/c1-3(2)6(11)4-7(12)5-8(13)9(14)10(4,5)15/h3-9,11-15H,1-2H3/t4?,5?,6-,7?,8+,9?,10?/m0/s1. The van der Waals surface area contributed by atoms with Crippen LogP contribution in [0.4, 0.5) is 0 Å². The van der Waals surface area contributed by atoms with Gasteiger partial charge in [0.15, 0.2) is 0 Å². The summed E-state index contributed by atoms with van der Waals surface area (Å²) in [5.74, 6) is -1.59. The molecule has 2 rings (SSSR count). The van der Waals surface area contributed by atoms with E-state index in [2.05, 4.69) is 0 Å². The molecule has 0 bridgehead atoms. The minimum absolute atomic E-state index is 0.112. The first-order valence-electron chi connectivity index (χ1n) is 5.28. The number of hydrogen-bond donors (Lipinski definition) is 5. The molecule has 2 saturated carbocycles. The number of aliphatic hydroxyl groups excluding tert-OH is 4. The minimum atomic E-state index is -1.51. The third-order valence-corrected chi connectivity index (χ3v) is 4.02. The van der Waals surface area contributed by atoms with Gasteiger partial charge < -0.3 is 25.5 Å². The Morgan fingerprint density at radius 1 is 1.07 bits per heavy atom. The van der Waals surface area contributed by atoms with Gasteiger partial charge in [0.05, 0.1) is 18.3 Å². The molecule has 2 aliphatic rings. The Kier molecular flexibility index (Phi) is 2.37. The molecule has 5 heteroatoms. The molecule has 5 unspecified atom stereocenters. The summed E-state index contributed by atoms with van der Waals surface area (Å²) in [5.41, 5.74) is -1.51. The van der Waals surface area contributed by atoms with Crippen molar-refractivity contribution in [3.8, 4) is 0 Å². The molecule has 5 nitrogen and oxygen atoms in total. The lowest BCUT2D eigenvalue weighted by Crippen LogP contribution is -2.87. The molecule has 0 aromatic rings. The summed E-state index contributed by atoms with van der Waals surface area (Å²) in [6.07, 6.45) is -4.15. The van der Waals surface area contributed by atoms with Gasteiger partial charge in [0.25, 0.3) is 0 Å². The molecule has 0 spiro atoms. The average molecular weight is 218 g/mol. The van der Waals surface area contributed by atoms with Gasteiger partial charge in [-0.3, -0.25) is 0 Å². The zero-order chi connectivity index (χ0) is 11.5. The van der Waals surface area contributed by atoms with Gasteiger partial charge in [-0.1, -0.05) is 13.8 Å². The predicted molar refractivity (Wildman–Crippen MR) is 50.8 cm³/mol. The topological polar surface area (TPSA) is 101 Å². The van der Waals surface area contributed by atoms with E-state index in [0.29, 0.717) is 0 Å². The zero-order valence-electron chi connectivity index (χ0n) is 8.78. The van der Waals surface area contributed by atoms with E-state index in [1.165, 1.54) is 0 Å². The van der Waals surface area contributed by atoms with Gasteiger partial charge in [-0.15, -0.1) is 0 Å². The highest BCUT2D eigenvalue weighted by molar-refractivity contribution is 5.27. The lowest BCUT2D eigenvalue weighted by molar-refractivity contribution is -0.392. The van der Waals surface area contributed by atoms with Gasteiger partial charge >= 0.3 is 0 Å². The lowest BCUT2D eigenvalue weighted by atomic mass is 9.43. The molecule has 0 saturated heterocycles. The maximum absolute atomic E-state index is 10.0. The van der Waals surface area contributed by atoms with Crippen LogP contribution in [0.5, 0.6) is 0 Å². The van der Waals surface area contributed by atoms with Crippen LogP contribution in [0.1, 0.15) is 13.8 Å². The highest BCUT2D eigenvalue weighted by Gasteiger charge is 2.77. The van der Waals surface area contributed by atoms with Crippen molar-refractivity contribution >= 4 is 0 Å². The Morgan fingerprint density at radius 2 is 1.60 bits per heavy atom. The van der Waals surface area contributed by atoms with Gasteiger partial charge in [-0.05, 0) is 5.92 Å². The lowest BCUT2D eigenvalue weighted by Gasteiger charge is -2.69. The van der Waals surface area contributed by atoms with Crippen LogP contribution in [0.15, 0.2) is 0 Å². The molecule has 5 N–H and O–H groups in total. The van der Waals surface area contributed by atoms with Gasteiger partial charge in [0.1, 0.15) is 11.7 Å². The summed E-state index contributed by atoms with van der Waals surface area (Å²) < 4.78 is 0. The van der Waals surface area contributed by atoms with E-state index in [4.69, 9.17) is 0 Å². The number of fused-ring (bicyclic) bond motifs is 1. The van der Waals surface area contributed by atoms with E-state index in [1.807, 2.05) is 0 Å². The minimum Gasteiger partial charge on any atom is -0.392 e. The monoisotopic (exact) mass is 218 g/mol. The first kappa shape index (κ1) is 11.3. The second-order valence-corrected chi connectivity index (χ2v) is 5.10. The van der Waals surface area contributed by atoms with E-state index >= 15 is 0 Å². The van der Waals surface area contributed by atoms with Crippen molar-refractivity contribution < 1.29 is 25.5 Å². The molecule has 2 fully saturated rings. The third kappa shape index (κ3) is 1.10. The van der Waals surface area contributed by atoms with E-state index < -0.39 is 41.9 Å². The van der Waals surface area contributed by atoms with Crippen LogP contribution in [-0.4, -0.2) is 55.5 Å². The van der Waals surface area contributed by atoms with E-state index in [9.17, 15) is 25.5 Å². The summed E-state index contributed by atoms with van der Waals surface area (Å²) in [5, 5.41) is 48.3. The van der Waals surface area contributed by atoms with E-state index in [1.54, 1.807) is 13.8 Å². The molecule has 0 amide bonds. The Balaban J connectivity index is 2.16. The molecule has 2 aliphatic carbocycles.